The van der Waals surface area contributed by atoms with E-state index in [4.69, 9.17) is 15.2 Å². The van der Waals surface area contributed by atoms with Gasteiger partial charge < -0.3 is 20.2 Å². The molecule has 0 saturated heterocycles. The molecule has 2 heterocycles. The fourth-order valence-corrected chi connectivity index (χ4v) is 2.00. The van der Waals surface area contributed by atoms with Crippen molar-refractivity contribution in [2.24, 2.45) is 0 Å². The molecule has 0 fully saturated rings. The van der Waals surface area contributed by atoms with Crippen molar-refractivity contribution < 1.29 is 9.47 Å². The molecular weight excluding hydrogens is 258 g/mol. The fraction of sp³-hybridized carbons (Fsp3) is 0.154. The van der Waals surface area contributed by atoms with Crippen LogP contribution in [0.3, 0.4) is 0 Å². The van der Waals surface area contributed by atoms with Gasteiger partial charge in [-0.15, -0.1) is 0 Å². The monoisotopic (exact) mass is 271 g/mol. The van der Waals surface area contributed by atoms with E-state index in [-0.39, 0.29) is 5.95 Å². The van der Waals surface area contributed by atoms with Crippen molar-refractivity contribution in [1.29, 1.82) is 0 Å². The molecule has 7 nitrogen and oxygen atoms in total. The minimum absolute atomic E-state index is 0.168. The molecule has 20 heavy (non-hydrogen) atoms. The van der Waals surface area contributed by atoms with Crippen molar-refractivity contribution in [1.82, 2.24) is 19.9 Å². The number of aromatic amines is 1. The molecule has 0 aliphatic carbocycles. The van der Waals surface area contributed by atoms with Crippen molar-refractivity contribution >= 4 is 17.1 Å². The van der Waals surface area contributed by atoms with Crippen LogP contribution in [0, 0.1) is 0 Å². The number of imidazole rings is 1. The normalized spacial score (nSPS) is 10.7. The maximum atomic E-state index is 5.72. The predicted molar refractivity (Wildman–Crippen MR) is 74.6 cm³/mol. The Morgan fingerprint density at radius 3 is 2.40 bits per heavy atom. The molecule has 0 radical (unpaired) electrons. The Bertz CT molecular complexity index is 746. The van der Waals surface area contributed by atoms with Crippen LogP contribution in [0.5, 0.6) is 11.5 Å². The van der Waals surface area contributed by atoms with Gasteiger partial charge in [0.2, 0.25) is 5.95 Å². The molecule has 1 aromatic carbocycles. The zero-order valence-corrected chi connectivity index (χ0v) is 11.0. The van der Waals surface area contributed by atoms with Gasteiger partial charge in [0.1, 0.15) is 22.7 Å². The molecule has 0 aliphatic rings. The molecule has 0 unspecified atom stereocenters. The average molecular weight is 271 g/mol. The van der Waals surface area contributed by atoms with E-state index in [1.54, 1.807) is 26.6 Å². The molecule has 3 N–H and O–H groups in total. The Labute approximate surface area is 114 Å². The number of fused-ring (bicyclic) bond motifs is 1. The van der Waals surface area contributed by atoms with Gasteiger partial charge in [-0.2, -0.15) is 4.98 Å². The van der Waals surface area contributed by atoms with Crippen LogP contribution in [-0.4, -0.2) is 34.2 Å². The van der Waals surface area contributed by atoms with Gasteiger partial charge in [0.05, 0.1) is 20.5 Å². The van der Waals surface area contributed by atoms with E-state index in [9.17, 15) is 0 Å². The third-order valence-electron chi connectivity index (χ3n) is 2.93. The van der Waals surface area contributed by atoms with Crippen LogP contribution in [-0.2, 0) is 0 Å². The second-order valence-corrected chi connectivity index (χ2v) is 4.13. The Balaban J connectivity index is 2.26. The van der Waals surface area contributed by atoms with Crippen LogP contribution >= 0.6 is 0 Å². The van der Waals surface area contributed by atoms with Gasteiger partial charge in [0, 0.05) is 11.6 Å². The summed E-state index contributed by atoms with van der Waals surface area (Å²) in [4.78, 5) is 15.5. The molecule has 3 rings (SSSR count). The van der Waals surface area contributed by atoms with Crippen LogP contribution in [0.25, 0.3) is 22.4 Å². The Morgan fingerprint density at radius 2 is 1.75 bits per heavy atom. The van der Waals surface area contributed by atoms with Crippen LogP contribution in [0.15, 0.2) is 24.5 Å². The summed E-state index contributed by atoms with van der Waals surface area (Å²) >= 11 is 0. The highest BCUT2D eigenvalue weighted by Gasteiger charge is 2.13. The highest BCUT2D eigenvalue weighted by Crippen LogP contribution is 2.31. The number of rotatable bonds is 3. The second-order valence-electron chi connectivity index (χ2n) is 4.13. The van der Waals surface area contributed by atoms with E-state index >= 15 is 0 Å². The minimum atomic E-state index is 0.168. The third-order valence-corrected chi connectivity index (χ3v) is 2.93. The maximum absolute atomic E-state index is 5.72. The molecular formula is C13H13N5O2. The van der Waals surface area contributed by atoms with Crippen LogP contribution in [0.1, 0.15) is 0 Å². The first kappa shape index (κ1) is 12.2. The molecule has 0 spiro atoms. The lowest BCUT2D eigenvalue weighted by atomic mass is 10.1. The second kappa shape index (κ2) is 4.69. The van der Waals surface area contributed by atoms with Gasteiger partial charge in [0.25, 0.3) is 0 Å². The summed E-state index contributed by atoms with van der Waals surface area (Å²) in [6, 6.07) is 5.49. The number of nitrogens with zero attached hydrogens (tertiary/aromatic N) is 3. The average Bonchev–Trinajstić information content (AvgIpc) is 2.93. The molecule has 3 aromatic rings. The largest absolute Gasteiger partial charge is 0.497 e. The summed E-state index contributed by atoms with van der Waals surface area (Å²) in [6.07, 6.45) is 1.56. The summed E-state index contributed by atoms with van der Waals surface area (Å²) in [5.74, 6) is 1.51. The van der Waals surface area contributed by atoms with Crippen molar-refractivity contribution in [3.05, 3.63) is 24.5 Å². The van der Waals surface area contributed by atoms with Crippen LogP contribution < -0.4 is 15.2 Å². The van der Waals surface area contributed by atoms with Gasteiger partial charge in [-0.3, -0.25) is 0 Å². The van der Waals surface area contributed by atoms with E-state index in [1.807, 2.05) is 12.1 Å². The quantitative estimate of drug-likeness (QED) is 0.751. The van der Waals surface area contributed by atoms with Gasteiger partial charge in [-0.25, -0.2) is 9.97 Å². The molecule has 0 aliphatic heterocycles. The third kappa shape index (κ3) is 1.99. The molecule has 0 amide bonds. The highest BCUT2D eigenvalue weighted by molar-refractivity contribution is 5.88. The summed E-state index contributed by atoms with van der Waals surface area (Å²) in [7, 11) is 3.19. The first-order valence-electron chi connectivity index (χ1n) is 5.91. The Kier molecular flexibility index (Phi) is 2.86. The number of hydrogen-bond acceptors (Lipinski definition) is 6. The van der Waals surface area contributed by atoms with Crippen molar-refractivity contribution in [3.63, 3.8) is 0 Å². The number of nitrogens with one attached hydrogen (secondary N) is 1. The minimum Gasteiger partial charge on any atom is -0.497 e. The molecule has 7 heteroatoms. The van der Waals surface area contributed by atoms with Crippen molar-refractivity contribution in [3.8, 4) is 22.8 Å². The molecule has 2 aromatic heterocycles. The summed E-state index contributed by atoms with van der Waals surface area (Å²) in [6.45, 7) is 0. The van der Waals surface area contributed by atoms with Crippen molar-refractivity contribution in [2.45, 2.75) is 0 Å². The number of benzene rings is 1. The zero-order chi connectivity index (χ0) is 14.1. The molecule has 102 valence electrons. The number of nitrogens with two attached hydrogens (primary N) is 1. The van der Waals surface area contributed by atoms with Gasteiger partial charge in [-0.1, -0.05) is 0 Å². The van der Waals surface area contributed by atoms with E-state index in [0.717, 1.165) is 11.1 Å². The lowest BCUT2D eigenvalue weighted by molar-refractivity contribution is 0.394. The number of ether oxygens (including phenoxy) is 2. The number of H-pyrrole nitrogens is 1. The first-order chi connectivity index (χ1) is 9.71. The van der Waals surface area contributed by atoms with E-state index < -0.39 is 0 Å². The number of nitrogen functional groups attached to an aromatic ring is 1. The van der Waals surface area contributed by atoms with Gasteiger partial charge >= 0.3 is 0 Å². The summed E-state index contributed by atoms with van der Waals surface area (Å²) < 4.78 is 10.5. The van der Waals surface area contributed by atoms with Crippen LogP contribution in [0.4, 0.5) is 5.95 Å². The molecule has 0 bridgehead atoms. The molecule has 0 atom stereocenters. The lowest BCUT2D eigenvalue weighted by Gasteiger charge is -2.09. The van der Waals surface area contributed by atoms with Crippen molar-refractivity contribution in [2.75, 3.05) is 20.0 Å². The number of methoxy groups -OCH3 is 2. The summed E-state index contributed by atoms with van der Waals surface area (Å²) in [5.41, 5.74) is 8.43. The SMILES string of the molecule is COc1cc(OC)cc(-c2nc(N)nc3nc[nH]c23)c1. The standard InChI is InChI=1S/C13H13N5O2/c1-19-8-3-7(4-9(5-8)20-2)10-11-12(16-6-15-11)18-13(14)17-10/h3-6H,1-2H3,(H3,14,15,16,17,18). The van der Waals surface area contributed by atoms with E-state index in [0.29, 0.717) is 22.8 Å². The Morgan fingerprint density at radius 1 is 1.05 bits per heavy atom. The summed E-state index contributed by atoms with van der Waals surface area (Å²) in [5, 5.41) is 0. The number of hydrogen-bond donors (Lipinski definition) is 2. The zero-order valence-electron chi connectivity index (χ0n) is 11.0. The van der Waals surface area contributed by atoms with Crippen LogP contribution in [0.2, 0.25) is 0 Å². The van der Waals surface area contributed by atoms with E-state index in [2.05, 4.69) is 19.9 Å². The fourth-order valence-electron chi connectivity index (χ4n) is 2.00. The highest BCUT2D eigenvalue weighted by atomic mass is 16.5. The molecule has 0 saturated carbocycles. The van der Waals surface area contributed by atoms with Gasteiger partial charge in [0.15, 0.2) is 5.65 Å². The lowest BCUT2D eigenvalue weighted by Crippen LogP contribution is -1.98. The van der Waals surface area contributed by atoms with E-state index in [1.165, 1.54) is 0 Å². The number of anilines is 1. The maximum Gasteiger partial charge on any atom is 0.222 e. The predicted octanol–water partition coefficient (Wildman–Crippen LogP) is 1.62. The number of aromatic nitrogens is 4. The first-order valence-corrected chi connectivity index (χ1v) is 5.91. The topological polar surface area (TPSA) is 98.9 Å². The smallest absolute Gasteiger partial charge is 0.222 e. The Hall–Kier alpha value is -2.83. The van der Waals surface area contributed by atoms with Gasteiger partial charge in [-0.05, 0) is 12.1 Å².